The van der Waals surface area contributed by atoms with E-state index in [0.29, 0.717) is 24.3 Å². The van der Waals surface area contributed by atoms with Crippen LogP contribution in [0.1, 0.15) is 33.2 Å². The van der Waals surface area contributed by atoms with Crippen LogP contribution in [0.15, 0.2) is 78.9 Å². The maximum absolute atomic E-state index is 11.7. The number of methoxy groups -OCH3 is 1. The molecule has 0 spiro atoms. The number of anilines is 1. The van der Waals surface area contributed by atoms with E-state index in [1.165, 1.54) is 7.11 Å². The first-order valence-corrected chi connectivity index (χ1v) is 8.84. The highest BCUT2D eigenvalue weighted by atomic mass is 16.5. The predicted octanol–water partition coefficient (Wildman–Crippen LogP) is 4.56. The molecule has 0 fully saturated rings. The van der Waals surface area contributed by atoms with Crippen molar-refractivity contribution in [3.8, 4) is 0 Å². The van der Waals surface area contributed by atoms with Crippen LogP contribution in [-0.4, -0.2) is 13.1 Å². The molecular weight excluding hydrogens is 338 g/mol. The molecule has 0 saturated heterocycles. The first kappa shape index (κ1) is 18.7. The van der Waals surface area contributed by atoms with Crippen molar-refractivity contribution in [2.24, 2.45) is 0 Å². The lowest BCUT2D eigenvalue weighted by atomic mass is 9.98. The number of carbonyl (C=O) groups is 1. The highest BCUT2D eigenvalue weighted by Crippen LogP contribution is 2.29. The molecule has 0 radical (unpaired) electrons. The van der Waals surface area contributed by atoms with E-state index in [1.807, 2.05) is 54.6 Å². The molecule has 0 amide bonds. The maximum Gasteiger partial charge on any atom is 0.337 e. The Labute approximate surface area is 159 Å². The summed E-state index contributed by atoms with van der Waals surface area (Å²) in [5.74, 6) is -0.405. The summed E-state index contributed by atoms with van der Waals surface area (Å²) in [5, 5.41) is 0. The van der Waals surface area contributed by atoms with Gasteiger partial charge in [-0.05, 0) is 23.3 Å². The summed E-state index contributed by atoms with van der Waals surface area (Å²) in [7, 11) is 1.35. The second kappa shape index (κ2) is 9.01. The standard InChI is InChI=1S/C23H23NO3/c1-26-23(25)19-12-13-20(21(24)15-19)22(14-17-8-4-2-5-9-17)27-16-18-10-6-3-7-11-18/h2-13,15,22H,14,16,24H2,1H3. The summed E-state index contributed by atoms with van der Waals surface area (Å²) in [6, 6.07) is 25.4. The normalized spacial score (nSPS) is 11.7. The minimum atomic E-state index is -0.405. The van der Waals surface area contributed by atoms with Crippen molar-refractivity contribution in [1.29, 1.82) is 0 Å². The fraction of sp³-hybridized carbons (Fsp3) is 0.174. The topological polar surface area (TPSA) is 61.5 Å². The van der Waals surface area contributed by atoms with Gasteiger partial charge in [0.25, 0.3) is 0 Å². The monoisotopic (exact) mass is 361 g/mol. The van der Waals surface area contributed by atoms with E-state index in [2.05, 4.69) is 12.1 Å². The second-order valence-corrected chi connectivity index (χ2v) is 6.31. The van der Waals surface area contributed by atoms with Crippen LogP contribution in [0.4, 0.5) is 5.69 Å². The van der Waals surface area contributed by atoms with Gasteiger partial charge >= 0.3 is 5.97 Å². The number of nitrogens with two attached hydrogens (primary N) is 1. The zero-order chi connectivity index (χ0) is 19.1. The second-order valence-electron chi connectivity index (χ2n) is 6.31. The van der Waals surface area contributed by atoms with Gasteiger partial charge in [0.2, 0.25) is 0 Å². The molecule has 3 rings (SSSR count). The number of hydrogen-bond donors (Lipinski definition) is 1. The van der Waals surface area contributed by atoms with Gasteiger partial charge in [0, 0.05) is 17.7 Å². The van der Waals surface area contributed by atoms with Crippen molar-refractivity contribution in [3.05, 3.63) is 101 Å². The van der Waals surface area contributed by atoms with Crippen LogP contribution in [0.25, 0.3) is 0 Å². The molecule has 1 unspecified atom stereocenters. The molecule has 0 heterocycles. The number of rotatable bonds is 7. The molecule has 0 saturated carbocycles. The molecule has 3 aromatic rings. The van der Waals surface area contributed by atoms with Crippen LogP contribution < -0.4 is 5.73 Å². The Morgan fingerprint density at radius 3 is 2.15 bits per heavy atom. The Bertz CT molecular complexity index is 879. The van der Waals surface area contributed by atoms with Crippen LogP contribution in [0.3, 0.4) is 0 Å². The molecule has 0 aliphatic carbocycles. The first-order chi connectivity index (χ1) is 13.2. The Morgan fingerprint density at radius 2 is 1.56 bits per heavy atom. The Morgan fingerprint density at radius 1 is 0.926 bits per heavy atom. The van der Waals surface area contributed by atoms with E-state index < -0.39 is 5.97 Å². The molecule has 138 valence electrons. The van der Waals surface area contributed by atoms with Crippen LogP contribution in [0.2, 0.25) is 0 Å². The Balaban J connectivity index is 1.85. The third-order valence-electron chi connectivity index (χ3n) is 4.41. The van der Waals surface area contributed by atoms with E-state index in [1.54, 1.807) is 12.1 Å². The van der Waals surface area contributed by atoms with Gasteiger partial charge in [0.1, 0.15) is 0 Å². The number of carbonyl (C=O) groups excluding carboxylic acids is 1. The van der Waals surface area contributed by atoms with Gasteiger partial charge in [-0.3, -0.25) is 0 Å². The third-order valence-corrected chi connectivity index (χ3v) is 4.41. The molecular formula is C23H23NO3. The molecule has 4 nitrogen and oxygen atoms in total. The number of esters is 1. The lowest BCUT2D eigenvalue weighted by Gasteiger charge is -2.21. The zero-order valence-electron chi connectivity index (χ0n) is 15.3. The molecule has 0 aliphatic heterocycles. The number of benzene rings is 3. The number of ether oxygens (including phenoxy) is 2. The summed E-state index contributed by atoms with van der Waals surface area (Å²) in [6.07, 6.45) is 0.467. The van der Waals surface area contributed by atoms with E-state index in [-0.39, 0.29) is 6.10 Å². The highest BCUT2D eigenvalue weighted by Gasteiger charge is 2.18. The van der Waals surface area contributed by atoms with Gasteiger partial charge in [-0.2, -0.15) is 0 Å². The van der Waals surface area contributed by atoms with Crippen molar-refractivity contribution >= 4 is 11.7 Å². The Hall–Kier alpha value is -3.11. The van der Waals surface area contributed by atoms with Crippen molar-refractivity contribution in [2.45, 2.75) is 19.1 Å². The minimum Gasteiger partial charge on any atom is -0.465 e. The molecule has 0 aliphatic rings. The molecule has 3 aromatic carbocycles. The van der Waals surface area contributed by atoms with Crippen LogP contribution in [0, 0.1) is 0 Å². The number of nitrogen functional groups attached to an aromatic ring is 1. The van der Waals surface area contributed by atoms with E-state index in [4.69, 9.17) is 15.2 Å². The van der Waals surface area contributed by atoms with E-state index in [0.717, 1.165) is 16.7 Å². The largest absolute Gasteiger partial charge is 0.465 e. The first-order valence-electron chi connectivity index (χ1n) is 8.84. The van der Waals surface area contributed by atoms with Crippen molar-refractivity contribution in [1.82, 2.24) is 0 Å². The van der Waals surface area contributed by atoms with Crippen LogP contribution in [0.5, 0.6) is 0 Å². The molecule has 0 bridgehead atoms. The van der Waals surface area contributed by atoms with Crippen molar-refractivity contribution in [3.63, 3.8) is 0 Å². The van der Waals surface area contributed by atoms with Gasteiger partial charge in [-0.1, -0.05) is 66.7 Å². The quantitative estimate of drug-likeness (QED) is 0.495. The lowest BCUT2D eigenvalue weighted by Crippen LogP contribution is -2.12. The van der Waals surface area contributed by atoms with Crippen molar-refractivity contribution < 1.29 is 14.3 Å². The fourth-order valence-corrected chi connectivity index (χ4v) is 2.97. The third kappa shape index (κ3) is 4.96. The van der Waals surface area contributed by atoms with Gasteiger partial charge in [0.15, 0.2) is 0 Å². The van der Waals surface area contributed by atoms with Crippen LogP contribution in [-0.2, 0) is 22.5 Å². The molecule has 1 atom stereocenters. The highest BCUT2D eigenvalue weighted by molar-refractivity contribution is 5.90. The van der Waals surface area contributed by atoms with Gasteiger partial charge in [-0.15, -0.1) is 0 Å². The summed E-state index contributed by atoms with van der Waals surface area (Å²) in [5.41, 5.74) is 10.3. The SMILES string of the molecule is COC(=O)c1ccc(C(Cc2ccccc2)OCc2ccccc2)c(N)c1. The van der Waals surface area contributed by atoms with Gasteiger partial charge < -0.3 is 15.2 Å². The Kier molecular flexibility index (Phi) is 6.23. The van der Waals surface area contributed by atoms with Crippen LogP contribution >= 0.6 is 0 Å². The number of hydrogen-bond acceptors (Lipinski definition) is 4. The molecule has 0 aromatic heterocycles. The molecule has 2 N–H and O–H groups in total. The molecule has 4 heteroatoms. The summed E-state index contributed by atoms with van der Waals surface area (Å²) in [4.78, 5) is 11.7. The average molecular weight is 361 g/mol. The van der Waals surface area contributed by atoms with Gasteiger partial charge in [-0.25, -0.2) is 4.79 Å². The van der Waals surface area contributed by atoms with Crippen molar-refractivity contribution in [2.75, 3.05) is 12.8 Å². The predicted molar refractivity (Wildman–Crippen MR) is 106 cm³/mol. The summed E-state index contributed by atoms with van der Waals surface area (Å²) >= 11 is 0. The van der Waals surface area contributed by atoms with E-state index >= 15 is 0 Å². The molecule has 27 heavy (non-hydrogen) atoms. The summed E-state index contributed by atoms with van der Waals surface area (Å²) in [6.45, 7) is 0.483. The van der Waals surface area contributed by atoms with E-state index in [9.17, 15) is 4.79 Å². The summed E-state index contributed by atoms with van der Waals surface area (Å²) < 4.78 is 11.0. The minimum absolute atomic E-state index is 0.223. The maximum atomic E-state index is 11.7. The zero-order valence-corrected chi connectivity index (χ0v) is 15.3. The lowest BCUT2D eigenvalue weighted by molar-refractivity contribution is 0.0403. The average Bonchev–Trinajstić information content (AvgIpc) is 2.72. The van der Waals surface area contributed by atoms with Gasteiger partial charge in [0.05, 0.1) is 25.4 Å². The fourth-order valence-electron chi connectivity index (χ4n) is 2.97. The smallest absolute Gasteiger partial charge is 0.337 e.